The fourth-order valence-electron chi connectivity index (χ4n) is 2.54. The van der Waals surface area contributed by atoms with Crippen molar-refractivity contribution in [2.24, 2.45) is 5.41 Å². The Labute approximate surface area is 140 Å². The number of carbonyl (C=O) groups is 2. The molecule has 0 amide bonds. The Morgan fingerprint density at radius 2 is 1.79 bits per heavy atom. The summed E-state index contributed by atoms with van der Waals surface area (Å²) in [4.78, 5) is 36.9. The smallest absolute Gasteiger partial charge is 0.213 e. The van der Waals surface area contributed by atoms with Crippen LogP contribution in [0.25, 0.3) is 11.2 Å². The van der Waals surface area contributed by atoms with Crippen LogP contribution in [0.2, 0.25) is 0 Å². The number of rotatable bonds is 3. The zero-order chi connectivity index (χ0) is 17.5. The first kappa shape index (κ1) is 16.1. The van der Waals surface area contributed by atoms with E-state index in [1.165, 1.54) is 6.20 Å². The Bertz CT molecular complexity index is 949. The van der Waals surface area contributed by atoms with Gasteiger partial charge in [0.15, 0.2) is 11.4 Å². The molecule has 0 aliphatic carbocycles. The molecule has 0 unspecified atom stereocenters. The number of carbonyl (C=O) groups excluding carboxylic acids is 2. The van der Waals surface area contributed by atoms with Gasteiger partial charge in [-0.1, -0.05) is 45.0 Å². The number of benzene rings is 1. The summed E-state index contributed by atoms with van der Waals surface area (Å²) in [6, 6.07) is 7.34. The summed E-state index contributed by atoms with van der Waals surface area (Å²) in [5, 5.41) is 0. The summed E-state index contributed by atoms with van der Waals surface area (Å²) in [5.74, 6) is -0.235. The first-order valence-corrected chi connectivity index (χ1v) is 7.78. The molecule has 24 heavy (non-hydrogen) atoms. The van der Waals surface area contributed by atoms with Gasteiger partial charge in [0.25, 0.3) is 0 Å². The molecule has 0 saturated heterocycles. The Morgan fingerprint density at radius 3 is 2.46 bits per heavy atom. The van der Waals surface area contributed by atoms with E-state index in [9.17, 15) is 9.59 Å². The van der Waals surface area contributed by atoms with Gasteiger partial charge in [-0.15, -0.1) is 0 Å². The van der Waals surface area contributed by atoms with Crippen LogP contribution < -0.4 is 0 Å². The molecule has 3 rings (SSSR count). The second kappa shape index (κ2) is 5.67. The van der Waals surface area contributed by atoms with Gasteiger partial charge in [-0.2, -0.15) is 0 Å². The second-order valence-corrected chi connectivity index (χ2v) is 6.88. The van der Waals surface area contributed by atoms with Crippen molar-refractivity contribution in [3.8, 4) is 0 Å². The van der Waals surface area contributed by atoms with Crippen LogP contribution in [0.15, 0.2) is 36.7 Å². The van der Waals surface area contributed by atoms with Crippen LogP contribution in [-0.2, 0) is 0 Å². The van der Waals surface area contributed by atoms with Crippen LogP contribution in [0, 0.1) is 12.3 Å². The van der Waals surface area contributed by atoms with Crippen LogP contribution in [0.3, 0.4) is 0 Å². The lowest BCUT2D eigenvalue weighted by atomic mass is 9.87. The number of aryl methyl sites for hydroxylation is 1. The largest absolute Gasteiger partial charge is 0.344 e. The van der Waals surface area contributed by atoms with Gasteiger partial charge in [0.05, 0.1) is 11.8 Å². The lowest BCUT2D eigenvalue weighted by Gasteiger charge is -2.15. The van der Waals surface area contributed by atoms with E-state index in [1.807, 2.05) is 45.9 Å². The topological polar surface area (TPSA) is 75.7 Å². The van der Waals surface area contributed by atoms with Gasteiger partial charge in [-0.25, -0.2) is 9.97 Å². The Hall–Kier alpha value is -2.82. The van der Waals surface area contributed by atoms with E-state index in [0.29, 0.717) is 22.3 Å². The van der Waals surface area contributed by atoms with E-state index in [1.54, 1.807) is 12.3 Å². The average molecular weight is 321 g/mol. The molecule has 3 aromatic rings. The van der Waals surface area contributed by atoms with Gasteiger partial charge >= 0.3 is 0 Å². The van der Waals surface area contributed by atoms with Crippen molar-refractivity contribution in [3.05, 3.63) is 59.0 Å². The molecule has 2 heterocycles. The van der Waals surface area contributed by atoms with Crippen LogP contribution in [-0.4, -0.2) is 26.5 Å². The average Bonchev–Trinajstić information content (AvgIpc) is 2.96. The molecular formula is C19H19N3O2. The van der Waals surface area contributed by atoms with Gasteiger partial charge in [0, 0.05) is 17.2 Å². The number of nitrogens with zero attached hydrogens (tertiary/aromatic N) is 2. The molecule has 0 aliphatic rings. The molecule has 0 saturated carbocycles. The van der Waals surface area contributed by atoms with Crippen molar-refractivity contribution >= 4 is 22.7 Å². The summed E-state index contributed by atoms with van der Waals surface area (Å²) in [7, 11) is 0. The van der Waals surface area contributed by atoms with Crippen molar-refractivity contribution < 1.29 is 9.59 Å². The predicted octanol–water partition coefficient (Wildman–Crippen LogP) is 3.73. The Morgan fingerprint density at radius 1 is 1.08 bits per heavy atom. The number of nitrogens with one attached hydrogen (secondary N) is 1. The van der Waals surface area contributed by atoms with Crippen molar-refractivity contribution in [1.29, 1.82) is 0 Å². The van der Waals surface area contributed by atoms with Crippen LogP contribution in [0.5, 0.6) is 0 Å². The third kappa shape index (κ3) is 2.73. The number of aromatic amines is 1. The summed E-state index contributed by atoms with van der Waals surface area (Å²) in [5.41, 5.74) is 2.57. The number of hydrogen-bond acceptors (Lipinski definition) is 4. The fourth-order valence-corrected chi connectivity index (χ4v) is 2.54. The molecule has 2 aromatic heterocycles. The molecule has 5 nitrogen and oxygen atoms in total. The van der Waals surface area contributed by atoms with E-state index >= 15 is 0 Å². The second-order valence-electron chi connectivity index (χ2n) is 6.88. The zero-order valence-electron chi connectivity index (χ0n) is 14.2. The minimum absolute atomic E-state index is 0.0384. The standard InChI is InChI=1S/C19H19N3O2/c1-11-7-5-6-8-12(11)16(23)14-10-21-18-15(22-14)13(9-20-18)17(24)19(2,3)4/h5-10H,1-4H3,(H,20,21). The normalized spacial score (nSPS) is 11.7. The minimum Gasteiger partial charge on any atom is -0.344 e. The van der Waals surface area contributed by atoms with Gasteiger partial charge in [-0.05, 0) is 12.5 Å². The molecular weight excluding hydrogens is 302 g/mol. The number of H-pyrrole nitrogens is 1. The lowest BCUT2D eigenvalue weighted by molar-refractivity contribution is 0.0859. The Balaban J connectivity index is 2.10. The van der Waals surface area contributed by atoms with Gasteiger partial charge in [-0.3, -0.25) is 9.59 Å². The highest BCUT2D eigenvalue weighted by Crippen LogP contribution is 2.25. The molecule has 0 spiro atoms. The molecule has 1 aromatic carbocycles. The van der Waals surface area contributed by atoms with Gasteiger partial charge in [0.2, 0.25) is 5.78 Å². The third-order valence-corrected chi connectivity index (χ3v) is 3.93. The number of hydrogen-bond donors (Lipinski definition) is 1. The van der Waals surface area contributed by atoms with Gasteiger partial charge in [0.1, 0.15) is 11.2 Å². The summed E-state index contributed by atoms with van der Waals surface area (Å²) >= 11 is 0. The summed E-state index contributed by atoms with van der Waals surface area (Å²) in [6.07, 6.45) is 3.05. The van der Waals surface area contributed by atoms with E-state index < -0.39 is 5.41 Å². The highest BCUT2D eigenvalue weighted by Gasteiger charge is 2.27. The first-order valence-electron chi connectivity index (χ1n) is 7.78. The van der Waals surface area contributed by atoms with Crippen molar-refractivity contribution in [3.63, 3.8) is 0 Å². The molecule has 0 bridgehead atoms. The molecule has 1 N–H and O–H groups in total. The van der Waals surface area contributed by atoms with Crippen molar-refractivity contribution in [2.75, 3.05) is 0 Å². The highest BCUT2D eigenvalue weighted by molar-refractivity contribution is 6.11. The maximum atomic E-state index is 12.7. The quantitative estimate of drug-likeness (QED) is 0.746. The lowest BCUT2D eigenvalue weighted by Crippen LogP contribution is -2.20. The first-order chi connectivity index (χ1) is 11.3. The number of ketones is 2. The van der Waals surface area contributed by atoms with Crippen molar-refractivity contribution in [2.45, 2.75) is 27.7 Å². The van der Waals surface area contributed by atoms with E-state index in [-0.39, 0.29) is 17.3 Å². The van der Waals surface area contributed by atoms with E-state index in [4.69, 9.17) is 0 Å². The fraction of sp³-hybridized carbons (Fsp3) is 0.263. The van der Waals surface area contributed by atoms with Gasteiger partial charge < -0.3 is 4.98 Å². The molecule has 0 aliphatic heterocycles. The summed E-state index contributed by atoms with van der Waals surface area (Å²) < 4.78 is 0. The predicted molar refractivity (Wildman–Crippen MR) is 92.3 cm³/mol. The van der Waals surface area contributed by atoms with E-state index in [0.717, 1.165) is 5.56 Å². The van der Waals surface area contributed by atoms with Crippen LogP contribution in [0.1, 0.15) is 52.7 Å². The minimum atomic E-state index is -0.535. The molecule has 122 valence electrons. The molecule has 0 radical (unpaired) electrons. The Kier molecular flexibility index (Phi) is 3.79. The molecule has 5 heteroatoms. The SMILES string of the molecule is Cc1ccccc1C(=O)c1cnc2[nH]cc(C(=O)C(C)(C)C)c2n1. The maximum Gasteiger partial charge on any atom is 0.213 e. The van der Waals surface area contributed by atoms with Crippen LogP contribution >= 0.6 is 0 Å². The molecule has 0 fully saturated rings. The number of Topliss-reactive ketones (excluding diaryl/α,β-unsaturated/α-hetero) is 1. The van der Waals surface area contributed by atoms with Crippen LogP contribution in [0.4, 0.5) is 0 Å². The zero-order valence-corrected chi connectivity index (χ0v) is 14.2. The van der Waals surface area contributed by atoms with Crippen molar-refractivity contribution in [1.82, 2.24) is 15.0 Å². The molecule has 0 atom stereocenters. The summed E-state index contributed by atoms with van der Waals surface area (Å²) in [6.45, 7) is 7.43. The number of fused-ring (bicyclic) bond motifs is 1. The highest BCUT2D eigenvalue weighted by atomic mass is 16.1. The maximum absolute atomic E-state index is 12.7. The van der Waals surface area contributed by atoms with E-state index in [2.05, 4.69) is 15.0 Å². The monoisotopic (exact) mass is 321 g/mol. The number of aromatic nitrogens is 3. The third-order valence-electron chi connectivity index (χ3n) is 3.93.